The predicted octanol–water partition coefficient (Wildman–Crippen LogP) is 2.34. The van der Waals surface area contributed by atoms with Gasteiger partial charge in [-0.1, -0.05) is 17.3 Å². The molecule has 1 aromatic heterocycles. The zero-order chi connectivity index (χ0) is 15.2. The van der Waals surface area contributed by atoms with Crippen LogP contribution in [0.5, 0.6) is 0 Å². The molecule has 1 saturated heterocycles. The van der Waals surface area contributed by atoms with Crippen LogP contribution in [0.3, 0.4) is 0 Å². The van der Waals surface area contributed by atoms with Gasteiger partial charge in [-0.25, -0.2) is 0 Å². The summed E-state index contributed by atoms with van der Waals surface area (Å²) < 4.78 is 15.7. The van der Waals surface area contributed by atoms with Crippen LogP contribution in [-0.4, -0.2) is 43.6 Å². The smallest absolute Gasteiger partial charge is 0.324 e. The van der Waals surface area contributed by atoms with Crippen molar-refractivity contribution in [1.82, 2.24) is 10.1 Å². The van der Waals surface area contributed by atoms with Gasteiger partial charge in [0.15, 0.2) is 5.82 Å². The van der Waals surface area contributed by atoms with E-state index in [4.69, 9.17) is 14.0 Å². The Morgan fingerprint density at radius 1 is 1.23 bits per heavy atom. The Kier molecular flexibility index (Phi) is 5.31. The van der Waals surface area contributed by atoms with E-state index in [-0.39, 0.29) is 0 Å². The van der Waals surface area contributed by atoms with E-state index in [1.165, 1.54) is 10.5 Å². The molecule has 0 bridgehead atoms. The van der Waals surface area contributed by atoms with Crippen LogP contribution < -0.4 is 4.90 Å². The molecule has 0 unspecified atom stereocenters. The van der Waals surface area contributed by atoms with Gasteiger partial charge in [-0.3, -0.25) is 0 Å². The second-order valence-electron chi connectivity index (χ2n) is 4.96. The van der Waals surface area contributed by atoms with E-state index in [2.05, 4.69) is 39.3 Å². The van der Waals surface area contributed by atoms with Gasteiger partial charge in [-0.2, -0.15) is 4.98 Å². The van der Waals surface area contributed by atoms with Gasteiger partial charge in [0.2, 0.25) is 0 Å². The molecule has 1 aromatic carbocycles. The van der Waals surface area contributed by atoms with Gasteiger partial charge >= 0.3 is 6.01 Å². The maximum absolute atomic E-state index is 5.32. The topological polar surface area (TPSA) is 60.6 Å². The van der Waals surface area contributed by atoms with Crippen LogP contribution in [0.2, 0.25) is 0 Å². The number of hydrogen-bond donors (Lipinski definition) is 0. The average molecular weight is 321 g/mol. The summed E-state index contributed by atoms with van der Waals surface area (Å²) in [6.45, 7) is 3.66. The van der Waals surface area contributed by atoms with Gasteiger partial charge in [0.05, 0.1) is 25.6 Å². The molecule has 2 heterocycles. The standard InChI is InChI=1S/C15H19N3O3S/c1-19-10-12-2-4-13(5-3-12)22-11-14-16-15(21-17-14)18-6-8-20-9-7-18/h2-5H,6-11H2,1H3. The first-order valence-corrected chi connectivity index (χ1v) is 8.19. The van der Waals surface area contributed by atoms with Crippen LogP contribution in [0.15, 0.2) is 33.7 Å². The molecule has 1 aliphatic heterocycles. The largest absolute Gasteiger partial charge is 0.380 e. The van der Waals surface area contributed by atoms with Crippen molar-refractivity contribution in [3.8, 4) is 0 Å². The lowest BCUT2D eigenvalue weighted by molar-refractivity contribution is 0.119. The van der Waals surface area contributed by atoms with Crippen LogP contribution >= 0.6 is 11.8 Å². The first-order chi connectivity index (χ1) is 10.8. The van der Waals surface area contributed by atoms with Crippen LogP contribution in [0.4, 0.5) is 6.01 Å². The fourth-order valence-electron chi connectivity index (χ4n) is 2.18. The van der Waals surface area contributed by atoms with E-state index in [0.717, 1.165) is 13.1 Å². The third-order valence-corrected chi connectivity index (χ3v) is 4.35. The van der Waals surface area contributed by atoms with Crippen LogP contribution in [0, 0.1) is 0 Å². The monoisotopic (exact) mass is 321 g/mol. The summed E-state index contributed by atoms with van der Waals surface area (Å²) in [5.41, 5.74) is 1.17. The second-order valence-corrected chi connectivity index (χ2v) is 6.01. The maximum atomic E-state index is 5.32. The Labute approximate surface area is 133 Å². The Hall–Kier alpha value is -1.57. The lowest BCUT2D eigenvalue weighted by atomic mass is 10.2. The van der Waals surface area contributed by atoms with Gasteiger partial charge < -0.3 is 18.9 Å². The van der Waals surface area contributed by atoms with Crippen molar-refractivity contribution in [1.29, 1.82) is 0 Å². The molecule has 118 valence electrons. The Balaban J connectivity index is 1.53. The fourth-order valence-corrected chi connectivity index (χ4v) is 2.92. The number of aromatic nitrogens is 2. The van der Waals surface area contributed by atoms with Crippen molar-refractivity contribution in [2.45, 2.75) is 17.3 Å². The number of benzene rings is 1. The van der Waals surface area contributed by atoms with Gasteiger partial charge in [-0.15, -0.1) is 11.8 Å². The van der Waals surface area contributed by atoms with E-state index in [9.17, 15) is 0 Å². The number of hydrogen-bond acceptors (Lipinski definition) is 7. The number of rotatable bonds is 6. The number of nitrogens with zero attached hydrogens (tertiary/aromatic N) is 3. The van der Waals surface area contributed by atoms with Gasteiger partial charge in [-0.05, 0) is 17.7 Å². The Bertz CT molecular complexity index is 582. The van der Waals surface area contributed by atoms with Crippen molar-refractivity contribution < 1.29 is 14.0 Å². The molecule has 7 heteroatoms. The number of anilines is 1. The SMILES string of the molecule is COCc1ccc(SCc2noc(N3CCOCC3)n2)cc1. The van der Waals surface area contributed by atoms with Gasteiger partial charge in [0.1, 0.15) is 0 Å². The second kappa shape index (κ2) is 7.62. The maximum Gasteiger partial charge on any atom is 0.324 e. The summed E-state index contributed by atoms with van der Waals surface area (Å²) in [4.78, 5) is 7.69. The van der Waals surface area contributed by atoms with Crippen LogP contribution in [-0.2, 0) is 21.8 Å². The van der Waals surface area contributed by atoms with E-state index in [0.29, 0.717) is 37.4 Å². The lowest BCUT2D eigenvalue weighted by Crippen LogP contribution is -2.36. The van der Waals surface area contributed by atoms with Gasteiger partial charge in [0, 0.05) is 25.1 Å². The lowest BCUT2D eigenvalue weighted by Gasteiger charge is -2.24. The summed E-state index contributed by atoms with van der Waals surface area (Å²) in [6, 6.07) is 8.90. The van der Waals surface area contributed by atoms with E-state index in [1.54, 1.807) is 18.9 Å². The number of ether oxygens (including phenoxy) is 2. The van der Waals surface area contributed by atoms with E-state index in [1.807, 2.05) is 0 Å². The molecule has 1 fully saturated rings. The van der Waals surface area contributed by atoms with Gasteiger partial charge in [0.25, 0.3) is 0 Å². The molecule has 22 heavy (non-hydrogen) atoms. The molecular formula is C15H19N3O3S. The molecule has 0 N–H and O–H groups in total. The molecule has 1 aliphatic rings. The molecule has 0 atom stereocenters. The van der Waals surface area contributed by atoms with E-state index >= 15 is 0 Å². The molecule has 0 spiro atoms. The minimum Gasteiger partial charge on any atom is -0.380 e. The van der Waals surface area contributed by atoms with E-state index < -0.39 is 0 Å². The van der Waals surface area contributed by atoms with Crippen molar-refractivity contribution in [3.63, 3.8) is 0 Å². The van der Waals surface area contributed by atoms with Crippen molar-refractivity contribution in [2.24, 2.45) is 0 Å². The summed E-state index contributed by atoms with van der Waals surface area (Å²) in [5, 5.41) is 4.04. The highest BCUT2D eigenvalue weighted by Crippen LogP contribution is 2.23. The van der Waals surface area contributed by atoms with Crippen molar-refractivity contribution in [3.05, 3.63) is 35.7 Å². The normalized spacial score (nSPS) is 15.2. The highest BCUT2D eigenvalue weighted by Gasteiger charge is 2.17. The Morgan fingerprint density at radius 3 is 2.73 bits per heavy atom. The molecule has 6 nitrogen and oxygen atoms in total. The minimum absolute atomic E-state index is 0.592. The Morgan fingerprint density at radius 2 is 2.00 bits per heavy atom. The third kappa shape index (κ3) is 4.00. The molecule has 3 rings (SSSR count). The minimum atomic E-state index is 0.592. The average Bonchev–Trinajstić information content (AvgIpc) is 3.04. The molecule has 0 radical (unpaired) electrons. The number of methoxy groups -OCH3 is 1. The summed E-state index contributed by atoms with van der Waals surface area (Å²) in [7, 11) is 1.70. The fraction of sp³-hybridized carbons (Fsp3) is 0.467. The first kappa shape index (κ1) is 15.3. The van der Waals surface area contributed by atoms with Crippen LogP contribution in [0.1, 0.15) is 11.4 Å². The highest BCUT2D eigenvalue weighted by molar-refractivity contribution is 7.98. The zero-order valence-electron chi connectivity index (χ0n) is 12.5. The van der Waals surface area contributed by atoms with Crippen LogP contribution in [0.25, 0.3) is 0 Å². The predicted molar refractivity (Wildman–Crippen MR) is 84.0 cm³/mol. The molecule has 0 saturated carbocycles. The number of morpholine rings is 1. The zero-order valence-corrected chi connectivity index (χ0v) is 13.3. The molecule has 0 amide bonds. The van der Waals surface area contributed by atoms with Crippen molar-refractivity contribution in [2.75, 3.05) is 38.3 Å². The first-order valence-electron chi connectivity index (χ1n) is 7.21. The summed E-state index contributed by atoms with van der Waals surface area (Å²) in [5.74, 6) is 1.41. The van der Waals surface area contributed by atoms with Crippen molar-refractivity contribution >= 4 is 17.8 Å². The molecule has 0 aliphatic carbocycles. The third-order valence-electron chi connectivity index (χ3n) is 3.34. The summed E-state index contributed by atoms with van der Waals surface area (Å²) in [6.07, 6.45) is 0. The molecule has 2 aromatic rings. The highest BCUT2D eigenvalue weighted by atomic mass is 32.2. The summed E-state index contributed by atoms with van der Waals surface area (Å²) >= 11 is 1.69. The quantitative estimate of drug-likeness (QED) is 0.757. The molecular weight excluding hydrogens is 302 g/mol. The number of thioether (sulfide) groups is 1.